The number of benzene rings is 1. The lowest BCUT2D eigenvalue weighted by Crippen LogP contribution is -2.28. The van der Waals surface area contributed by atoms with E-state index in [1.54, 1.807) is 18.3 Å². The van der Waals surface area contributed by atoms with Crippen LogP contribution in [0.4, 0.5) is 10.5 Å². The SMILES string of the molecule is Cc1ccc(CNC(=O)Nc2ccccc2C(=O)O)cn1. The number of para-hydroxylation sites is 1. The number of hydrogen-bond donors (Lipinski definition) is 3. The second kappa shape index (κ2) is 6.51. The highest BCUT2D eigenvalue weighted by Gasteiger charge is 2.11. The van der Waals surface area contributed by atoms with Crippen LogP contribution in [-0.2, 0) is 6.54 Å². The molecule has 0 saturated carbocycles. The second-order valence-corrected chi connectivity index (χ2v) is 4.47. The molecule has 0 saturated heterocycles. The molecule has 0 bridgehead atoms. The van der Waals surface area contributed by atoms with Crippen molar-refractivity contribution in [3.63, 3.8) is 0 Å². The number of aromatic nitrogens is 1. The molecular weight excluding hydrogens is 270 g/mol. The minimum atomic E-state index is -1.09. The highest BCUT2D eigenvalue weighted by molar-refractivity contribution is 5.99. The summed E-state index contributed by atoms with van der Waals surface area (Å²) in [4.78, 5) is 27.0. The van der Waals surface area contributed by atoms with Gasteiger partial charge in [0.15, 0.2) is 0 Å². The normalized spacial score (nSPS) is 9.95. The molecule has 0 aliphatic heterocycles. The zero-order valence-electron chi connectivity index (χ0n) is 11.5. The number of anilines is 1. The first-order chi connectivity index (χ1) is 10.1. The minimum Gasteiger partial charge on any atom is -0.478 e. The van der Waals surface area contributed by atoms with E-state index in [0.29, 0.717) is 6.54 Å². The first kappa shape index (κ1) is 14.5. The molecule has 2 amide bonds. The molecular formula is C15H15N3O3. The fourth-order valence-electron chi connectivity index (χ4n) is 1.73. The van der Waals surface area contributed by atoms with Crippen LogP contribution >= 0.6 is 0 Å². The maximum absolute atomic E-state index is 11.8. The standard InChI is InChI=1S/C15H15N3O3/c1-10-6-7-11(8-16-10)9-17-15(21)18-13-5-3-2-4-12(13)14(19)20/h2-8H,9H2,1H3,(H,19,20)(H2,17,18,21). The fraction of sp³-hybridized carbons (Fsp3) is 0.133. The Bertz CT molecular complexity index is 653. The number of hydrogen-bond acceptors (Lipinski definition) is 3. The molecule has 0 aliphatic rings. The maximum Gasteiger partial charge on any atom is 0.337 e. The number of carboxylic acids is 1. The van der Waals surface area contributed by atoms with E-state index in [-0.39, 0.29) is 11.3 Å². The van der Waals surface area contributed by atoms with Crippen molar-refractivity contribution in [1.82, 2.24) is 10.3 Å². The number of nitrogens with one attached hydrogen (secondary N) is 2. The van der Waals surface area contributed by atoms with Crippen molar-refractivity contribution in [3.8, 4) is 0 Å². The van der Waals surface area contributed by atoms with Crippen molar-refractivity contribution >= 4 is 17.7 Å². The number of urea groups is 1. The number of carboxylic acid groups (broad SMARTS) is 1. The number of nitrogens with zero attached hydrogens (tertiary/aromatic N) is 1. The van der Waals surface area contributed by atoms with E-state index in [1.165, 1.54) is 12.1 Å². The Morgan fingerprint density at radius 1 is 1.19 bits per heavy atom. The van der Waals surface area contributed by atoms with Crippen LogP contribution in [0.2, 0.25) is 0 Å². The number of aromatic carboxylic acids is 1. The third kappa shape index (κ3) is 4.04. The summed E-state index contributed by atoms with van der Waals surface area (Å²) >= 11 is 0. The number of aryl methyl sites for hydroxylation is 1. The van der Waals surface area contributed by atoms with E-state index in [0.717, 1.165) is 11.3 Å². The van der Waals surface area contributed by atoms with Gasteiger partial charge in [-0.2, -0.15) is 0 Å². The quantitative estimate of drug-likeness (QED) is 0.804. The van der Waals surface area contributed by atoms with Crippen LogP contribution in [0.3, 0.4) is 0 Å². The Hall–Kier alpha value is -2.89. The van der Waals surface area contributed by atoms with Gasteiger partial charge in [0, 0.05) is 18.4 Å². The van der Waals surface area contributed by atoms with Gasteiger partial charge in [-0.1, -0.05) is 18.2 Å². The van der Waals surface area contributed by atoms with Crippen molar-refractivity contribution in [2.24, 2.45) is 0 Å². The molecule has 0 spiro atoms. The van der Waals surface area contributed by atoms with Crippen LogP contribution in [0.1, 0.15) is 21.6 Å². The highest BCUT2D eigenvalue weighted by Crippen LogP contribution is 2.14. The molecule has 108 valence electrons. The van der Waals surface area contributed by atoms with Gasteiger partial charge in [-0.3, -0.25) is 4.98 Å². The summed E-state index contributed by atoms with van der Waals surface area (Å²) in [5, 5.41) is 14.2. The van der Waals surface area contributed by atoms with Gasteiger partial charge in [0.25, 0.3) is 0 Å². The number of carbonyl (C=O) groups is 2. The first-order valence-electron chi connectivity index (χ1n) is 6.35. The van der Waals surface area contributed by atoms with Crippen LogP contribution in [0.25, 0.3) is 0 Å². The van der Waals surface area contributed by atoms with Crippen molar-refractivity contribution < 1.29 is 14.7 Å². The van der Waals surface area contributed by atoms with Crippen LogP contribution in [0, 0.1) is 6.92 Å². The molecule has 0 aliphatic carbocycles. The van der Waals surface area contributed by atoms with Crippen LogP contribution in [0.5, 0.6) is 0 Å². The van der Waals surface area contributed by atoms with Crippen molar-refractivity contribution in [2.45, 2.75) is 13.5 Å². The van der Waals surface area contributed by atoms with Gasteiger partial charge in [0.05, 0.1) is 11.3 Å². The molecule has 2 aromatic rings. The lowest BCUT2D eigenvalue weighted by atomic mass is 10.2. The van der Waals surface area contributed by atoms with Gasteiger partial charge in [-0.25, -0.2) is 9.59 Å². The van der Waals surface area contributed by atoms with E-state index in [9.17, 15) is 9.59 Å². The van der Waals surface area contributed by atoms with Gasteiger partial charge in [0.1, 0.15) is 0 Å². The summed E-state index contributed by atoms with van der Waals surface area (Å²) in [5.41, 5.74) is 2.06. The average Bonchev–Trinajstić information content (AvgIpc) is 2.47. The smallest absolute Gasteiger partial charge is 0.337 e. The first-order valence-corrected chi connectivity index (χ1v) is 6.35. The number of pyridine rings is 1. The molecule has 6 heteroatoms. The molecule has 6 nitrogen and oxygen atoms in total. The fourth-order valence-corrected chi connectivity index (χ4v) is 1.73. The predicted molar refractivity (Wildman–Crippen MR) is 78.2 cm³/mol. The van der Waals surface area contributed by atoms with E-state index in [1.807, 2.05) is 19.1 Å². The molecule has 21 heavy (non-hydrogen) atoms. The van der Waals surface area contributed by atoms with E-state index < -0.39 is 12.0 Å². The molecule has 1 aromatic carbocycles. The maximum atomic E-state index is 11.8. The number of rotatable bonds is 4. The van der Waals surface area contributed by atoms with Gasteiger partial charge in [-0.05, 0) is 30.7 Å². The lowest BCUT2D eigenvalue weighted by Gasteiger charge is -2.09. The zero-order valence-corrected chi connectivity index (χ0v) is 11.5. The zero-order chi connectivity index (χ0) is 15.2. The Balaban J connectivity index is 1.96. The van der Waals surface area contributed by atoms with E-state index in [2.05, 4.69) is 15.6 Å². The number of amides is 2. The van der Waals surface area contributed by atoms with E-state index >= 15 is 0 Å². The number of carbonyl (C=O) groups excluding carboxylic acids is 1. The van der Waals surface area contributed by atoms with Gasteiger partial charge in [-0.15, -0.1) is 0 Å². The third-order valence-corrected chi connectivity index (χ3v) is 2.83. The van der Waals surface area contributed by atoms with Crippen molar-refractivity contribution in [3.05, 3.63) is 59.4 Å². The molecule has 0 unspecified atom stereocenters. The Morgan fingerprint density at radius 3 is 2.62 bits per heavy atom. The van der Waals surface area contributed by atoms with Gasteiger partial charge >= 0.3 is 12.0 Å². The molecule has 3 N–H and O–H groups in total. The molecule has 2 rings (SSSR count). The largest absolute Gasteiger partial charge is 0.478 e. The highest BCUT2D eigenvalue weighted by atomic mass is 16.4. The summed E-state index contributed by atoms with van der Waals surface area (Å²) in [6, 6.07) is 9.49. The molecule has 1 heterocycles. The Kier molecular flexibility index (Phi) is 4.50. The third-order valence-electron chi connectivity index (χ3n) is 2.83. The summed E-state index contributed by atoms with van der Waals surface area (Å²) in [7, 11) is 0. The van der Waals surface area contributed by atoms with Crippen molar-refractivity contribution in [1.29, 1.82) is 0 Å². The lowest BCUT2D eigenvalue weighted by molar-refractivity contribution is 0.0698. The molecule has 0 atom stereocenters. The summed E-state index contributed by atoms with van der Waals surface area (Å²) in [6.45, 7) is 2.20. The van der Waals surface area contributed by atoms with Gasteiger partial charge < -0.3 is 15.7 Å². The minimum absolute atomic E-state index is 0.0460. The molecule has 0 radical (unpaired) electrons. The van der Waals surface area contributed by atoms with Gasteiger partial charge in [0.2, 0.25) is 0 Å². The predicted octanol–water partition coefficient (Wildman–Crippen LogP) is 2.41. The van der Waals surface area contributed by atoms with Crippen LogP contribution < -0.4 is 10.6 Å². The Labute approximate surface area is 121 Å². The summed E-state index contributed by atoms with van der Waals surface area (Å²) < 4.78 is 0. The summed E-state index contributed by atoms with van der Waals surface area (Å²) in [6.07, 6.45) is 1.68. The Morgan fingerprint density at radius 2 is 1.95 bits per heavy atom. The monoisotopic (exact) mass is 285 g/mol. The second-order valence-electron chi connectivity index (χ2n) is 4.47. The molecule has 1 aromatic heterocycles. The van der Waals surface area contributed by atoms with E-state index in [4.69, 9.17) is 5.11 Å². The average molecular weight is 285 g/mol. The summed E-state index contributed by atoms with van der Waals surface area (Å²) in [5.74, 6) is -1.09. The van der Waals surface area contributed by atoms with Crippen molar-refractivity contribution in [2.75, 3.05) is 5.32 Å². The molecule has 0 fully saturated rings. The van der Waals surface area contributed by atoms with Crippen LogP contribution in [0.15, 0.2) is 42.6 Å². The topological polar surface area (TPSA) is 91.3 Å². The van der Waals surface area contributed by atoms with Crippen LogP contribution in [-0.4, -0.2) is 22.1 Å².